The van der Waals surface area contributed by atoms with E-state index in [1.54, 1.807) is 6.08 Å². The van der Waals surface area contributed by atoms with Crippen LogP contribution in [0.5, 0.6) is 0 Å². The molecule has 1 unspecified atom stereocenters. The predicted octanol–water partition coefficient (Wildman–Crippen LogP) is 5.32. The second-order valence-electron chi connectivity index (χ2n) is 5.56. The van der Waals surface area contributed by atoms with Crippen molar-refractivity contribution in [3.05, 3.63) is 95.5 Å². The van der Waals surface area contributed by atoms with Crippen LogP contribution in [0.25, 0.3) is 0 Å². The molecule has 0 saturated carbocycles. The lowest BCUT2D eigenvalue weighted by Crippen LogP contribution is -2.36. The number of nitrogens with zero attached hydrogens (tertiary/aromatic N) is 1. The van der Waals surface area contributed by atoms with Crippen LogP contribution in [0.15, 0.2) is 84.4 Å². The molecule has 2 aromatic carbocycles. The summed E-state index contributed by atoms with van der Waals surface area (Å²) < 4.78 is 0.999. The summed E-state index contributed by atoms with van der Waals surface area (Å²) in [5, 5.41) is 0. The van der Waals surface area contributed by atoms with Gasteiger partial charge in [0.15, 0.2) is 0 Å². The Morgan fingerprint density at radius 2 is 1.71 bits per heavy atom. The summed E-state index contributed by atoms with van der Waals surface area (Å²) in [7, 11) is 0. The van der Waals surface area contributed by atoms with E-state index >= 15 is 0 Å². The first kappa shape index (κ1) is 18.2. The van der Waals surface area contributed by atoms with Crippen LogP contribution in [0.3, 0.4) is 0 Å². The smallest absolute Gasteiger partial charge is 0.227 e. The van der Waals surface area contributed by atoms with E-state index < -0.39 is 0 Å². The molecule has 0 heterocycles. The Kier molecular flexibility index (Phi) is 7.01. The topological polar surface area (TPSA) is 20.3 Å². The minimum atomic E-state index is -0.0627. The monoisotopic (exact) mass is 383 g/mol. The van der Waals surface area contributed by atoms with Gasteiger partial charge in [0, 0.05) is 11.0 Å². The average molecular weight is 384 g/mol. The normalized spacial score (nSPS) is 11.5. The number of carbonyl (C=O) groups excluding carboxylic acids is 1. The molecule has 2 nitrogen and oxygen atoms in total. The Bertz CT molecular complexity index is 696. The van der Waals surface area contributed by atoms with E-state index in [0.29, 0.717) is 19.4 Å². The molecule has 1 atom stereocenters. The van der Waals surface area contributed by atoms with E-state index in [9.17, 15) is 4.79 Å². The number of amides is 1. The largest absolute Gasteiger partial charge is 0.331 e. The van der Waals surface area contributed by atoms with E-state index in [1.807, 2.05) is 65.6 Å². The SMILES string of the molecule is C=CCC(c1ccccc1Br)N(CC=C)C(=O)Cc1ccccc1. The molecule has 0 aliphatic carbocycles. The van der Waals surface area contributed by atoms with Gasteiger partial charge in [0.05, 0.1) is 12.5 Å². The second-order valence-corrected chi connectivity index (χ2v) is 6.41. The highest BCUT2D eigenvalue weighted by Gasteiger charge is 2.24. The minimum absolute atomic E-state index is 0.0627. The van der Waals surface area contributed by atoms with Crippen molar-refractivity contribution in [2.24, 2.45) is 0 Å². The van der Waals surface area contributed by atoms with Crippen molar-refractivity contribution < 1.29 is 4.79 Å². The van der Waals surface area contributed by atoms with Gasteiger partial charge >= 0.3 is 0 Å². The standard InChI is InChI=1S/C21H22BrNO/c1-3-10-20(18-13-8-9-14-19(18)22)23(15-4-2)21(24)16-17-11-6-5-7-12-17/h3-9,11-14,20H,1-2,10,15-16H2. The lowest BCUT2D eigenvalue weighted by Gasteiger charge is -2.31. The zero-order valence-corrected chi connectivity index (χ0v) is 15.3. The van der Waals surface area contributed by atoms with Crippen LogP contribution in [-0.2, 0) is 11.2 Å². The van der Waals surface area contributed by atoms with Crippen molar-refractivity contribution in [2.45, 2.75) is 18.9 Å². The molecular weight excluding hydrogens is 362 g/mol. The summed E-state index contributed by atoms with van der Waals surface area (Å²) in [5.74, 6) is 0.0868. The molecule has 3 heteroatoms. The van der Waals surface area contributed by atoms with Gasteiger partial charge in [-0.2, -0.15) is 0 Å². The number of rotatable bonds is 8. The highest BCUT2D eigenvalue weighted by molar-refractivity contribution is 9.10. The molecule has 0 saturated heterocycles. The molecule has 0 aliphatic rings. The first-order valence-electron chi connectivity index (χ1n) is 7.97. The maximum absolute atomic E-state index is 12.9. The van der Waals surface area contributed by atoms with Gasteiger partial charge in [-0.05, 0) is 23.6 Å². The fourth-order valence-electron chi connectivity index (χ4n) is 2.74. The summed E-state index contributed by atoms with van der Waals surface area (Å²) in [6.07, 6.45) is 4.70. The van der Waals surface area contributed by atoms with Crippen molar-refractivity contribution in [2.75, 3.05) is 6.54 Å². The summed E-state index contributed by atoms with van der Waals surface area (Å²) in [6, 6.07) is 17.8. The quantitative estimate of drug-likeness (QED) is 0.564. The maximum Gasteiger partial charge on any atom is 0.227 e. The third kappa shape index (κ3) is 4.68. The van der Waals surface area contributed by atoms with E-state index in [1.165, 1.54) is 0 Å². The molecule has 0 N–H and O–H groups in total. The Morgan fingerprint density at radius 1 is 1.04 bits per heavy atom. The molecule has 0 aliphatic heterocycles. The molecule has 124 valence electrons. The van der Waals surface area contributed by atoms with Gasteiger partial charge in [0.2, 0.25) is 5.91 Å². The molecule has 0 aromatic heterocycles. The Labute approximate surface area is 152 Å². The fraction of sp³-hybridized carbons (Fsp3) is 0.190. The highest BCUT2D eigenvalue weighted by Crippen LogP contribution is 2.31. The Hall–Kier alpha value is -2.13. The van der Waals surface area contributed by atoms with Gasteiger partial charge in [-0.3, -0.25) is 4.79 Å². The zero-order valence-electron chi connectivity index (χ0n) is 13.7. The molecule has 0 bridgehead atoms. The van der Waals surface area contributed by atoms with Crippen molar-refractivity contribution in [1.29, 1.82) is 0 Å². The van der Waals surface area contributed by atoms with Crippen LogP contribution in [0.1, 0.15) is 23.6 Å². The Balaban J connectivity index is 2.31. The van der Waals surface area contributed by atoms with Gasteiger partial charge < -0.3 is 4.90 Å². The molecule has 0 spiro atoms. The van der Waals surface area contributed by atoms with Crippen LogP contribution in [0.4, 0.5) is 0 Å². The lowest BCUT2D eigenvalue weighted by molar-refractivity contribution is -0.132. The average Bonchev–Trinajstić information content (AvgIpc) is 2.59. The number of benzene rings is 2. The molecule has 1 amide bonds. The Morgan fingerprint density at radius 3 is 2.33 bits per heavy atom. The van der Waals surface area contributed by atoms with Crippen molar-refractivity contribution >= 4 is 21.8 Å². The van der Waals surface area contributed by atoms with Gasteiger partial charge in [-0.25, -0.2) is 0 Å². The summed E-state index contributed by atoms with van der Waals surface area (Å²) >= 11 is 3.60. The van der Waals surface area contributed by atoms with Gasteiger partial charge in [-0.1, -0.05) is 76.6 Å². The number of halogens is 1. The van der Waals surface area contributed by atoms with Crippen LogP contribution in [0.2, 0.25) is 0 Å². The van der Waals surface area contributed by atoms with E-state index in [2.05, 4.69) is 29.1 Å². The molecule has 0 fully saturated rings. The lowest BCUT2D eigenvalue weighted by atomic mass is 10.0. The predicted molar refractivity (Wildman–Crippen MR) is 104 cm³/mol. The summed E-state index contributed by atoms with van der Waals surface area (Å²) in [4.78, 5) is 14.8. The number of hydrogen-bond acceptors (Lipinski definition) is 1. The van der Waals surface area contributed by atoms with Crippen molar-refractivity contribution in [1.82, 2.24) is 4.90 Å². The molecule has 2 rings (SSSR count). The van der Waals surface area contributed by atoms with Gasteiger partial charge in [-0.15, -0.1) is 13.2 Å². The van der Waals surface area contributed by atoms with Crippen LogP contribution in [-0.4, -0.2) is 17.4 Å². The van der Waals surface area contributed by atoms with Crippen LogP contribution < -0.4 is 0 Å². The number of hydrogen-bond donors (Lipinski definition) is 0. The summed E-state index contributed by atoms with van der Waals surface area (Å²) in [5.41, 5.74) is 2.10. The summed E-state index contributed by atoms with van der Waals surface area (Å²) in [6.45, 7) is 8.18. The fourth-order valence-corrected chi connectivity index (χ4v) is 3.29. The van der Waals surface area contributed by atoms with E-state index in [4.69, 9.17) is 0 Å². The third-order valence-electron chi connectivity index (χ3n) is 3.87. The minimum Gasteiger partial charge on any atom is -0.331 e. The van der Waals surface area contributed by atoms with E-state index in [0.717, 1.165) is 15.6 Å². The molecule has 24 heavy (non-hydrogen) atoms. The molecule has 0 radical (unpaired) electrons. The first-order chi connectivity index (χ1) is 11.7. The van der Waals surface area contributed by atoms with E-state index in [-0.39, 0.29) is 11.9 Å². The number of carbonyl (C=O) groups is 1. The van der Waals surface area contributed by atoms with Crippen LogP contribution >= 0.6 is 15.9 Å². The van der Waals surface area contributed by atoms with Crippen molar-refractivity contribution in [3.8, 4) is 0 Å². The maximum atomic E-state index is 12.9. The van der Waals surface area contributed by atoms with Gasteiger partial charge in [0.1, 0.15) is 0 Å². The zero-order chi connectivity index (χ0) is 17.4. The highest BCUT2D eigenvalue weighted by atomic mass is 79.9. The molecule has 2 aromatic rings. The molecular formula is C21H22BrNO. The third-order valence-corrected chi connectivity index (χ3v) is 4.60. The second kappa shape index (κ2) is 9.24. The van der Waals surface area contributed by atoms with Crippen LogP contribution in [0, 0.1) is 0 Å². The van der Waals surface area contributed by atoms with Gasteiger partial charge in [0.25, 0.3) is 0 Å². The first-order valence-corrected chi connectivity index (χ1v) is 8.76. The van der Waals surface area contributed by atoms with Crippen molar-refractivity contribution in [3.63, 3.8) is 0 Å².